The van der Waals surface area contributed by atoms with Gasteiger partial charge in [-0.25, -0.2) is 4.39 Å². The Kier molecular flexibility index (Phi) is 3.79. The molecular weight excluding hydrogens is 215 g/mol. The molecule has 17 heavy (non-hydrogen) atoms. The first-order valence-electron chi connectivity index (χ1n) is 6.35. The maximum atomic E-state index is 13.3. The summed E-state index contributed by atoms with van der Waals surface area (Å²) in [5.41, 5.74) is 4.71. The number of hydrogen-bond acceptors (Lipinski definition) is 2. The highest BCUT2D eigenvalue weighted by Gasteiger charge is 2.31. The summed E-state index contributed by atoms with van der Waals surface area (Å²) in [6, 6.07) is 5.43. The molecule has 1 fully saturated rings. The minimum atomic E-state index is -0.149. The molecule has 1 aromatic rings. The molecule has 0 heterocycles. The molecule has 0 amide bonds. The number of nitrogens with two attached hydrogens (primary N) is 1. The van der Waals surface area contributed by atoms with E-state index in [0.717, 1.165) is 5.56 Å². The number of nitrogens with one attached hydrogen (secondary N) is 1. The minimum Gasteiger partial charge on any atom is -0.271 e. The van der Waals surface area contributed by atoms with Gasteiger partial charge in [0.2, 0.25) is 0 Å². The molecule has 0 saturated heterocycles. The van der Waals surface area contributed by atoms with Crippen molar-refractivity contribution in [1.29, 1.82) is 0 Å². The number of halogens is 1. The molecule has 1 aliphatic carbocycles. The third kappa shape index (κ3) is 2.50. The highest BCUT2D eigenvalue weighted by Crippen LogP contribution is 2.39. The molecule has 3 heteroatoms. The second-order valence-electron chi connectivity index (χ2n) is 5.23. The Morgan fingerprint density at radius 1 is 1.41 bits per heavy atom. The number of aryl methyl sites for hydroxylation is 1. The lowest BCUT2D eigenvalue weighted by molar-refractivity contribution is 0.304. The van der Waals surface area contributed by atoms with Crippen molar-refractivity contribution in [3.63, 3.8) is 0 Å². The Morgan fingerprint density at radius 3 is 2.71 bits per heavy atom. The molecule has 94 valence electrons. The third-order valence-corrected chi connectivity index (χ3v) is 4.08. The number of rotatable bonds is 3. The van der Waals surface area contributed by atoms with Crippen molar-refractivity contribution >= 4 is 0 Å². The Bertz CT molecular complexity index is 392. The van der Waals surface area contributed by atoms with E-state index in [1.807, 2.05) is 12.1 Å². The van der Waals surface area contributed by atoms with Gasteiger partial charge in [0, 0.05) is 6.04 Å². The van der Waals surface area contributed by atoms with Gasteiger partial charge in [-0.05, 0) is 42.4 Å². The van der Waals surface area contributed by atoms with Crippen LogP contribution in [0.5, 0.6) is 0 Å². The molecule has 0 radical (unpaired) electrons. The molecule has 1 aromatic carbocycles. The molecule has 0 aromatic heterocycles. The lowest BCUT2D eigenvalue weighted by Gasteiger charge is -2.27. The number of hydrogen-bond donors (Lipinski definition) is 2. The molecule has 3 N–H and O–H groups in total. The molecule has 0 spiro atoms. The fraction of sp³-hybridized carbons (Fsp3) is 0.571. The lowest BCUT2D eigenvalue weighted by Crippen LogP contribution is -2.34. The van der Waals surface area contributed by atoms with Crippen molar-refractivity contribution in [3.8, 4) is 0 Å². The van der Waals surface area contributed by atoms with Gasteiger partial charge in [-0.3, -0.25) is 11.3 Å². The highest BCUT2D eigenvalue weighted by atomic mass is 19.1. The molecular formula is C14H21FN2. The van der Waals surface area contributed by atoms with Crippen LogP contribution < -0.4 is 11.3 Å². The molecule has 2 rings (SSSR count). The van der Waals surface area contributed by atoms with Gasteiger partial charge in [0.1, 0.15) is 5.82 Å². The summed E-state index contributed by atoms with van der Waals surface area (Å²) in [7, 11) is 0. The van der Waals surface area contributed by atoms with Crippen LogP contribution >= 0.6 is 0 Å². The summed E-state index contributed by atoms with van der Waals surface area (Å²) in [6.45, 7) is 4.07. The van der Waals surface area contributed by atoms with E-state index in [-0.39, 0.29) is 11.9 Å². The van der Waals surface area contributed by atoms with Gasteiger partial charge >= 0.3 is 0 Å². The van der Waals surface area contributed by atoms with E-state index in [4.69, 9.17) is 5.84 Å². The normalized spacial score (nSPS) is 26.1. The first kappa shape index (κ1) is 12.5. The van der Waals surface area contributed by atoms with Crippen molar-refractivity contribution in [3.05, 3.63) is 35.1 Å². The average molecular weight is 236 g/mol. The first-order chi connectivity index (χ1) is 8.13. The van der Waals surface area contributed by atoms with Crippen molar-refractivity contribution in [2.75, 3.05) is 0 Å². The van der Waals surface area contributed by atoms with E-state index in [1.165, 1.54) is 25.3 Å². The van der Waals surface area contributed by atoms with Gasteiger partial charge in [0.25, 0.3) is 0 Å². The maximum absolute atomic E-state index is 13.3. The quantitative estimate of drug-likeness (QED) is 0.625. The number of benzene rings is 1. The second kappa shape index (κ2) is 5.15. The van der Waals surface area contributed by atoms with Gasteiger partial charge < -0.3 is 0 Å². The molecule has 1 aliphatic rings. The van der Waals surface area contributed by atoms with Crippen LogP contribution in [-0.2, 0) is 0 Å². The Hall–Kier alpha value is -0.930. The van der Waals surface area contributed by atoms with Gasteiger partial charge in [0.05, 0.1) is 0 Å². The standard InChI is InChI=1S/C14H21FN2/c1-9-4-3-5-12(9)14(17-16)11-6-7-13(15)10(2)8-11/h6-9,12,14,17H,3-5,16H2,1-2H3. The lowest BCUT2D eigenvalue weighted by atomic mass is 9.86. The Morgan fingerprint density at radius 2 is 2.18 bits per heavy atom. The van der Waals surface area contributed by atoms with Gasteiger partial charge in [-0.1, -0.05) is 31.9 Å². The van der Waals surface area contributed by atoms with Crippen LogP contribution in [0.15, 0.2) is 18.2 Å². The van der Waals surface area contributed by atoms with E-state index in [0.29, 0.717) is 17.4 Å². The second-order valence-corrected chi connectivity index (χ2v) is 5.23. The predicted molar refractivity (Wildman–Crippen MR) is 67.7 cm³/mol. The fourth-order valence-corrected chi connectivity index (χ4v) is 3.00. The van der Waals surface area contributed by atoms with E-state index < -0.39 is 0 Å². The summed E-state index contributed by atoms with van der Waals surface area (Å²) in [4.78, 5) is 0. The fourth-order valence-electron chi connectivity index (χ4n) is 3.00. The number of hydrazine groups is 1. The Labute approximate surface area is 102 Å². The van der Waals surface area contributed by atoms with Gasteiger partial charge in [-0.15, -0.1) is 0 Å². The largest absolute Gasteiger partial charge is 0.271 e. The molecule has 1 saturated carbocycles. The summed E-state index contributed by atoms with van der Waals surface area (Å²) in [5.74, 6) is 6.78. The highest BCUT2D eigenvalue weighted by molar-refractivity contribution is 5.27. The Balaban J connectivity index is 2.25. The smallest absolute Gasteiger partial charge is 0.126 e. The van der Waals surface area contributed by atoms with Crippen LogP contribution in [-0.4, -0.2) is 0 Å². The van der Waals surface area contributed by atoms with Gasteiger partial charge in [0.15, 0.2) is 0 Å². The molecule has 3 atom stereocenters. The van der Waals surface area contributed by atoms with E-state index >= 15 is 0 Å². The third-order valence-electron chi connectivity index (χ3n) is 4.08. The van der Waals surface area contributed by atoms with Crippen LogP contribution in [0, 0.1) is 24.6 Å². The summed E-state index contributed by atoms with van der Waals surface area (Å²) in [6.07, 6.45) is 3.74. The van der Waals surface area contributed by atoms with E-state index in [2.05, 4.69) is 12.3 Å². The SMILES string of the molecule is Cc1cc(C(NN)C2CCCC2C)ccc1F. The summed E-state index contributed by atoms with van der Waals surface area (Å²) < 4.78 is 13.3. The summed E-state index contributed by atoms with van der Waals surface area (Å²) >= 11 is 0. The predicted octanol–water partition coefficient (Wildman–Crippen LogP) is 3.07. The zero-order chi connectivity index (χ0) is 12.4. The first-order valence-corrected chi connectivity index (χ1v) is 6.35. The van der Waals surface area contributed by atoms with Crippen LogP contribution in [0.1, 0.15) is 43.4 Å². The van der Waals surface area contributed by atoms with Crippen molar-refractivity contribution in [2.45, 2.75) is 39.2 Å². The van der Waals surface area contributed by atoms with Crippen LogP contribution in [0.3, 0.4) is 0 Å². The monoisotopic (exact) mass is 236 g/mol. The maximum Gasteiger partial charge on any atom is 0.126 e. The molecule has 3 unspecified atom stereocenters. The van der Waals surface area contributed by atoms with Crippen molar-refractivity contribution < 1.29 is 4.39 Å². The van der Waals surface area contributed by atoms with Crippen LogP contribution in [0.2, 0.25) is 0 Å². The molecule has 2 nitrogen and oxygen atoms in total. The molecule has 0 aliphatic heterocycles. The minimum absolute atomic E-state index is 0.145. The van der Waals surface area contributed by atoms with Crippen molar-refractivity contribution in [2.24, 2.45) is 17.7 Å². The van der Waals surface area contributed by atoms with Crippen molar-refractivity contribution in [1.82, 2.24) is 5.43 Å². The van der Waals surface area contributed by atoms with Gasteiger partial charge in [-0.2, -0.15) is 0 Å². The zero-order valence-corrected chi connectivity index (χ0v) is 10.5. The average Bonchev–Trinajstić information content (AvgIpc) is 2.71. The molecule has 0 bridgehead atoms. The van der Waals surface area contributed by atoms with Crippen LogP contribution in [0.4, 0.5) is 4.39 Å². The van der Waals surface area contributed by atoms with Crippen LogP contribution in [0.25, 0.3) is 0 Å². The summed E-state index contributed by atoms with van der Waals surface area (Å²) in [5, 5.41) is 0. The zero-order valence-electron chi connectivity index (χ0n) is 10.5. The van der Waals surface area contributed by atoms with E-state index in [9.17, 15) is 4.39 Å². The van der Waals surface area contributed by atoms with E-state index in [1.54, 1.807) is 6.92 Å². The topological polar surface area (TPSA) is 38.0 Å².